The summed E-state index contributed by atoms with van der Waals surface area (Å²) in [6.45, 7) is 2.48. The lowest BCUT2D eigenvalue weighted by atomic mass is 10.3. The summed E-state index contributed by atoms with van der Waals surface area (Å²) in [4.78, 5) is 3.12. The number of hydrogen-bond acceptors (Lipinski definition) is 3. The maximum absolute atomic E-state index is 6.06. The summed E-state index contributed by atoms with van der Waals surface area (Å²) in [5.41, 5.74) is 1.80. The number of ether oxygens (including phenoxy) is 2. The molecule has 2 aromatic rings. The second kappa shape index (κ2) is 5.42. The van der Waals surface area contributed by atoms with E-state index in [1.165, 1.54) is 0 Å². The number of benzene rings is 1. The van der Waals surface area contributed by atoms with Crippen molar-refractivity contribution < 1.29 is 9.47 Å². The number of rotatable bonds is 2. The molecule has 1 aromatic heterocycles. The van der Waals surface area contributed by atoms with E-state index < -0.39 is 0 Å². The topological polar surface area (TPSA) is 39.2 Å². The molecule has 7 heteroatoms. The normalized spacial score (nSPS) is 20.0. The van der Waals surface area contributed by atoms with Crippen molar-refractivity contribution in [3.8, 4) is 0 Å². The van der Waals surface area contributed by atoms with Gasteiger partial charge in [0.2, 0.25) is 0 Å². The lowest BCUT2D eigenvalue weighted by Crippen LogP contribution is -2.32. The molecule has 0 aliphatic carbocycles. The average molecular weight is 319 g/mol. The van der Waals surface area contributed by atoms with Crippen LogP contribution in [0.1, 0.15) is 0 Å². The van der Waals surface area contributed by atoms with Crippen molar-refractivity contribution in [1.29, 1.82) is 0 Å². The molecule has 0 bridgehead atoms. The van der Waals surface area contributed by atoms with Crippen molar-refractivity contribution in [2.24, 2.45) is 0 Å². The minimum Gasteiger partial charge on any atom is -0.376 e. The highest BCUT2D eigenvalue weighted by atomic mass is 35.5. The lowest BCUT2D eigenvalue weighted by Gasteiger charge is -2.23. The Bertz CT molecular complexity index is 662. The average Bonchev–Trinajstić information content (AvgIpc) is 2.68. The molecular formula is C12H12Cl2N2O2S. The monoisotopic (exact) mass is 318 g/mol. The number of aromatic amines is 1. The number of nitrogens with one attached hydrogen (secondary N) is 1. The van der Waals surface area contributed by atoms with Crippen LogP contribution >= 0.6 is 35.4 Å². The molecule has 2 heterocycles. The molecule has 1 atom stereocenters. The number of halogens is 2. The van der Waals surface area contributed by atoms with Crippen LogP contribution in [-0.4, -0.2) is 35.5 Å². The number of imidazole rings is 1. The Balaban J connectivity index is 2.00. The summed E-state index contributed by atoms with van der Waals surface area (Å²) in [5, 5.41) is 1.02. The SMILES string of the molecule is S=c1[nH]c2cc(Cl)c(Cl)cc2n1CC1COCCO1. The fourth-order valence-corrected chi connectivity index (χ4v) is 2.78. The first-order valence-electron chi connectivity index (χ1n) is 5.92. The van der Waals surface area contributed by atoms with Crippen LogP contribution in [0.25, 0.3) is 11.0 Å². The molecule has 4 nitrogen and oxygen atoms in total. The molecule has 1 aromatic carbocycles. The summed E-state index contributed by atoms with van der Waals surface area (Å²) in [7, 11) is 0. The summed E-state index contributed by atoms with van der Waals surface area (Å²) in [5.74, 6) is 0. The Morgan fingerprint density at radius 3 is 2.84 bits per heavy atom. The number of aromatic nitrogens is 2. The van der Waals surface area contributed by atoms with Gasteiger partial charge >= 0.3 is 0 Å². The highest BCUT2D eigenvalue weighted by Gasteiger charge is 2.17. The minimum atomic E-state index is 0.00824. The molecule has 1 N–H and O–H groups in total. The summed E-state index contributed by atoms with van der Waals surface area (Å²) >= 11 is 17.4. The molecule has 102 valence electrons. The number of fused-ring (bicyclic) bond motifs is 1. The smallest absolute Gasteiger partial charge is 0.178 e. The lowest BCUT2D eigenvalue weighted by molar-refractivity contribution is -0.0933. The largest absolute Gasteiger partial charge is 0.376 e. The summed E-state index contributed by atoms with van der Waals surface area (Å²) < 4.78 is 13.6. The summed E-state index contributed by atoms with van der Waals surface area (Å²) in [6.07, 6.45) is 0.00824. The second-order valence-electron chi connectivity index (χ2n) is 4.39. The van der Waals surface area contributed by atoms with Gasteiger partial charge in [-0.1, -0.05) is 23.2 Å². The third-order valence-corrected chi connectivity index (χ3v) is 4.13. The van der Waals surface area contributed by atoms with E-state index >= 15 is 0 Å². The Hall–Kier alpha value is -0.590. The van der Waals surface area contributed by atoms with E-state index in [9.17, 15) is 0 Å². The van der Waals surface area contributed by atoms with Crippen LogP contribution in [0.15, 0.2) is 12.1 Å². The first-order valence-corrected chi connectivity index (χ1v) is 7.08. The minimum absolute atomic E-state index is 0.00824. The molecule has 0 amide bonds. The van der Waals surface area contributed by atoms with Gasteiger partial charge in [0, 0.05) is 0 Å². The number of nitrogens with zero attached hydrogens (tertiary/aromatic N) is 1. The van der Waals surface area contributed by atoms with E-state index in [0.29, 0.717) is 41.2 Å². The molecule has 1 aliphatic heterocycles. The van der Waals surface area contributed by atoms with Gasteiger partial charge in [-0.25, -0.2) is 0 Å². The van der Waals surface area contributed by atoms with Gasteiger partial charge < -0.3 is 19.0 Å². The first kappa shape index (κ1) is 13.4. The molecule has 1 fully saturated rings. The summed E-state index contributed by atoms with van der Waals surface area (Å²) in [6, 6.07) is 3.60. The molecular weight excluding hydrogens is 307 g/mol. The van der Waals surface area contributed by atoms with Gasteiger partial charge in [-0.15, -0.1) is 0 Å². The van der Waals surface area contributed by atoms with Gasteiger partial charge in [0.15, 0.2) is 4.77 Å². The van der Waals surface area contributed by atoms with E-state index in [1.807, 2.05) is 10.6 Å². The van der Waals surface area contributed by atoms with Crippen LogP contribution in [0, 0.1) is 4.77 Å². The molecule has 0 spiro atoms. The zero-order chi connectivity index (χ0) is 13.4. The number of H-pyrrole nitrogens is 1. The van der Waals surface area contributed by atoms with E-state index in [-0.39, 0.29) is 6.10 Å². The van der Waals surface area contributed by atoms with Gasteiger partial charge in [0.1, 0.15) is 0 Å². The van der Waals surface area contributed by atoms with E-state index in [1.54, 1.807) is 6.07 Å². The molecule has 19 heavy (non-hydrogen) atoms. The van der Waals surface area contributed by atoms with E-state index in [0.717, 1.165) is 11.0 Å². The molecule has 1 unspecified atom stereocenters. The molecule has 1 aliphatic rings. The predicted octanol–water partition coefficient (Wildman–Crippen LogP) is 3.42. The zero-order valence-corrected chi connectivity index (χ0v) is 12.3. The quantitative estimate of drug-likeness (QED) is 0.862. The van der Waals surface area contributed by atoms with Gasteiger partial charge in [0.25, 0.3) is 0 Å². The zero-order valence-electron chi connectivity index (χ0n) is 9.99. The van der Waals surface area contributed by atoms with Crippen molar-refractivity contribution in [3.05, 3.63) is 26.9 Å². The van der Waals surface area contributed by atoms with Gasteiger partial charge in [-0.2, -0.15) is 0 Å². The third kappa shape index (κ3) is 2.66. The van der Waals surface area contributed by atoms with Crippen molar-refractivity contribution >= 4 is 46.5 Å². The Morgan fingerprint density at radius 2 is 2.11 bits per heavy atom. The van der Waals surface area contributed by atoms with Crippen molar-refractivity contribution in [2.75, 3.05) is 19.8 Å². The Labute approximate surface area is 125 Å². The van der Waals surface area contributed by atoms with E-state index in [4.69, 9.17) is 44.9 Å². The maximum atomic E-state index is 6.06. The molecule has 1 saturated heterocycles. The van der Waals surface area contributed by atoms with Crippen molar-refractivity contribution in [1.82, 2.24) is 9.55 Å². The van der Waals surface area contributed by atoms with Crippen LogP contribution in [-0.2, 0) is 16.0 Å². The van der Waals surface area contributed by atoms with Gasteiger partial charge in [0.05, 0.1) is 53.5 Å². The fraction of sp³-hybridized carbons (Fsp3) is 0.417. The molecule has 3 rings (SSSR count). The van der Waals surface area contributed by atoms with Crippen LogP contribution in [0.5, 0.6) is 0 Å². The fourth-order valence-electron chi connectivity index (χ4n) is 2.18. The van der Waals surface area contributed by atoms with Crippen molar-refractivity contribution in [3.63, 3.8) is 0 Å². The standard InChI is InChI=1S/C12H12Cl2N2O2S/c13-8-3-10-11(4-9(8)14)16(12(19)15-10)5-7-6-17-1-2-18-7/h3-4,7H,1-2,5-6H2,(H,15,19). The van der Waals surface area contributed by atoms with Gasteiger partial charge in [-0.3, -0.25) is 0 Å². The first-order chi connectivity index (χ1) is 9.15. The van der Waals surface area contributed by atoms with Crippen LogP contribution in [0.4, 0.5) is 0 Å². The number of hydrogen-bond donors (Lipinski definition) is 1. The van der Waals surface area contributed by atoms with Crippen LogP contribution < -0.4 is 0 Å². The highest BCUT2D eigenvalue weighted by Crippen LogP contribution is 2.28. The Morgan fingerprint density at radius 1 is 1.32 bits per heavy atom. The van der Waals surface area contributed by atoms with Crippen LogP contribution in [0.2, 0.25) is 10.0 Å². The second-order valence-corrected chi connectivity index (χ2v) is 5.59. The predicted molar refractivity (Wildman–Crippen MR) is 77.7 cm³/mol. The Kier molecular flexibility index (Phi) is 3.82. The molecule has 0 saturated carbocycles. The van der Waals surface area contributed by atoms with E-state index in [2.05, 4.69) is 4.98 Å². The maximum Gasteiger partial charge on any atom is 0.178 e. The van der Waals surface area contributed by atoms with Gasteiger partial charge in [-0.05, 0) is 24.4 Å². The third-order valence-electron chi connectivity index (χ3n) is 3.09. The van der Waals surface area contributed by atoms with Crippen LogP contribution in [0.3, 0.4) is 0 Å². The molecule has 0 radical (unpaired) electrons. The van der Waals surface area contributed by atoms with Crippen molar-refractivity contribution in [2.45, 2.75) is 12.6 Å². The highest BCUT2D eigenvalue weighted by molar-refractivity contribution is 7.71.